The van der Waals surface area contributed by atoms with E-state index in [-0.39, 0.29) is 0 Å². The second-order valence-corrected chi connectivity index (χ2v) is 6.26. The van der Waals surface area contributed by atoms with Gasteiger partial charge >= 0.3 is 0 Å². The Bertz CT molecular complexity index is 999. The molecule has 0 radical (unpaired) electrons. The van der Waals surface area contributed by atoms with Crippen LogP contribution in [0, 0.1) is 13.3 Å². The van der Waals surface area contributed by atoms with Gasteiger partial charge in [-0.2, -0.15) is 0 Å². The Kier molecular flexibility index (Phi) is 3.95. The largest absolute Gasteiger partial charge is 0.319 e. The van der Waals surface area contributed by atoms with E-state index in [2.05, 4.69) is 108 Å². The summed E-state index contributed by atoms with van der Waals surface area (Å²) in [4.78, 5) is 0. The van der Waals surface area contributed by atoms with Gasteiger partial charge in [0.1, 0.15) is 0 Å². The number of hydrogen-bond donors (Lipinski definition) is 0. The lowest BCUT2D eigenvalue weighted by Crippen LogP contribution is -2.28. The van der Waals surface area contributed by atoms with Crippen molar-refractivity contribution in [3.05, 3.63) is 96.8 Å². The maximum absolute atomic E-state index is 3.49. The first-order valence-electron chi connectivity index (χ1n) is 8.46. The van der Waals surface area contributed by atoms with Crippen LogP contribution in [-0.4, -0.2) is 4.57 Å². The second kappa shape index (κ2) is 6.40. The summed E-state index contributed by atoms with van der Waals surface area (Å²) in [5.41, 5.74) is 7.04. The van der Waals surface area contributed by atoms with Crippen LogP contribution < -0.4 is 4.57 Å². The van der Waals surface area contributed by atoms with Crippen molar-refractivity contribution in [3.8, 4) is 28.2 Å². The zero-order chi connectivity index (χ0) is 17.2. The fourth-order valence-electron chi connectivity index (χ4n) is 3.26. The van der Waals surface area contributed by atoms with E-state index in [1.807, 2.05) is 6.07 Å². The van der Waals surface area contributed by atoms with Gasteiger partial charge in [0.25, 0.3) is 0 Å². The predicted molar refractivity (Wildman–Crippen MR) is 101 cm³/mol. The summed E-state index contributed by atoms with van der Waals surface area (Å²) < 4.78 is 4.24. The summed E-state index contributed by atoms with van der Waals surface area (Å²) in [6, 6.07) is 29.6. The molecule has 2 nitrogen and oxygen atoms in total. The van der Waals surface area contributed by atoms with Crippen LogP contribution in [0.3, 0.4) is 0 Å². The average molecular weight is 324 g/mol. The fraction of sp³-hybridized carbons (Fsp3) is 0.0870. The molecule has 4 aromatic rings. The summed E-state index contributed by atoms with van der Waals surface area (Å²) in [6.07, 6.45) is 3.49. The molecule has 122 valence electrons. The van der Waals surface area contributed by atoms with Crippen LogP contribution in [0.2, 0.25) is 0 Å². The molecule has 3 aromatic carbocycles. The van der Waals surface area contributed by atoms with Crippen LogP contribution in [-0.2, 0) is 7.05 Å². The Morgan fingerprint density at radius 2 is 1.40 bits per heavy atom. The number of aryl methyl sites for hydroxylation is 2. The molecule has 0 aliphatic carbocycles. The normalized spacial score (nSPS) is 10.8. The minimum Gasteiger partial charge on any atom is -0.319 e. The number of aromatic nitrogens is 2. The molecule has 1 aromatic heterocycles. The molecule has 1 heterocycles. The SMILES string of the molecule is Cc1cccc(-n2[c-][n+](C)c(-c3ccccc3)c2-c2ccccc2)c1. The first kappa shape index (κ1) is 15.4. The van der Waals surface area contributed by atoms with Crippen molar-refractivity contribution in [2.45, 2.75) is 6.92 Å². The first-order valence-corrected chi connectivity index (χ1v) is 8.46. The van der Waals surface area contributed by atoms with Crippen LogP contribution in [0.15, 0.2) is 84.9 Å². The smallest absolute Gasteiger partial charge is 0.244 e. The molecule has 0 aliphatic rings. The van der Waals surface area contributed by atoms with Crippen molar-refractivity contribution < 1.29 is 4.57 Å². The van der Waals surface area contributed by atoms with Gasteiger partial charge in [-0.05, 0) is 18.1 Å². The van der Waals surface area contributed by atoms with Crippen molar-refractivity contribution in [1.82, 2.24) is 4.57 Å². The highest BCUT2D eigenvalue weighted by atomic mass is 15.1. The van der Waals surface area contributed by atoms with E-state index in [0.717, 1.165) is 17.1 Å². The third-order valence-corrected chi connectivity index (χ3v) is 4.39. The summed E-state index contributed by atoms with van der Waals surface area (Å²) in [7, 11) is 2.06. The number of rotatable bonds is 3. The van der Waals surface area contributed by atoms with E-state index in [0.29, 0.717) is 0 Å². The van der Waals surface area contributed by atoms with Gasteiger partial charge in [-0.1, -0.05) is 90.5 Å². The van der Waals surface area contributed by atoms with Crippen molar-refractivity contribution in [2.24, 2.45) is 7.05 Å². The van der Waals surface area contributed by atoms with E-state index in [9.17, 15) is 0 Å². The van der Waals surface area contributed by atoms with Crippen LogP contribution in [0.5, 0.6) is 0 Å². The lowest BCUT2D eigenvalue weighted by atomic mass is 10.0. The van der Waals surface area contributed by atoms with Gasteiger partial charge in [-0.15, -0.1) is 0 Å². The molecule has 0 saturated heterocycles. The quantitative estimate of drug-likeness (QED) is 0.380. The molecule has 0 amide bonds. The minimum atomic E-state index is 1.12. The summed E-state index contributed by atoms with van der Waals surface area (Å²) >= 11 is 0. The second-order valence-electron chi connectivity index (χ2n) is 6.26. The van der Waals surface area contributed by atoms with Gasteiger partial charge in [0.15, 0.2) is 0 Å². The monoisotopic (exact) mass is 324 g/mol. The van der Waals surface area contributed by atoms with Crippen molar-refractivity contribution in [3.63, 3.8) is 0 Å². The molecule has 0 N–H and O–H groups in total. The maximum Gasteiger partial charge on any atom is 0.244 e. The van der Waals surface area contributed by atoms with E-state index < -0.39 is 0 Å². The Morgan fingerprint density at radius 1 is 0.760 bits per heavy atom. The van der Waals surface area contributed by atoms with Crippen molar-refractivity contribution in [1.29, 1.82) is 0 Å². The highest BCUT2D eigenvalue weighted by Gasteiger charge is 2.17. The van der Waals surface area contributed by atoms with Crippen molar-refractivity contribution in [2.75, 3.05) is 0 Å². The van der Waals surface area contributed by atoms with Gasteiger partial charge in [0.05, 0.1) is 24.1 Å². The predicted octanol–water partition coefficient (Wildman–Crippen LogP) is 4.74. The number of benzene rings is 3. The lowest BCUT2D eigenvalue weighted by molar-refractivity contribution is -0.664. The van der Waals surface area contributed by atoms with E-state index in [1.54, 1.807) is 0 Å². The third-order valence-electron chi connectivity index (χ3n) is 4.39. The highest BCUT2D eigenvalue weighted by molar-refractivity contribution is 5.77. The molecule has 0 unspecified atom stereocenters. The minimum absolute atomic E-state index is 1.12. The fourth-order valence-corrected chi connectivity index (χ4v) is 3.26. The Balaban J connectivity index is 2.03. The van der Waals surface area contributed by atoms with E-state index >= 15 is 0 Å². The molecular formula is C23H20N2. The molecular weight excluding hydrogens is 304 g/mol. The molecule has 0 spiro atoms. The topological polar surface area (TPSA) is 8.81 Å². The molecule has 0 bridgehead atoms. The summed E-state index contributed by atoms with van der Waals surface area (Å²) in [5.74, 6) is 0. The summed E-state index contributed by atoms with van der Waals surface area (Å²) in [6.45, 7) is 2.12. The number of nitrogens with zero attached hydrogens (tertiary/aromatic N) is 2. The Morgan fingerprint density at radius 3 is 2.04 bits per heavy atom. The molecule has 4 rings (SSSR count). The molecule has 0 atom stereocenters. The van der Waals surface area contributed by atoms with Crippen LogP contribution in [0.25, 0.3) is 28.2 Å². The van der Waals surface area contributed by atoms with Gasteiger partial charge < -0.3 is 9.13 Å². The third kappa shape index (κ3) is 2.87. The van der Waals surface area contributed by atoms with Gasteiger partial charge in [0, 0.05) is 0 Å². The Labute approximate surface area is 148 Å². The molecule has 0 aliphatic heterocycles. The highest BCUT2D eigenvalue weighted by Crippen LogP contribution is 2.31. The van der Waals surface area contributed by atoms with E-state index in [1.165, 1.54) is 16.7 Å². The molecule has 25 heavy (non-hydrogen) atoms. The van der Waals surface area contributed by atoms with Crippen LogP contribution in [0.1, 0.15) is 5.56 Å². The van der Waals surface area contributed by atoms with Crippen LogP contribution >= 0.6 is 0 Å². The zero-order valence-electron chi connectivity index (χ0n) is 14.5. The van der Waals surface area contributed by atoms with Crippen molar-refractivity contribution >= 4 is 0 Å². The van der Waals surface area contributed by atoms with Gasteiger partial charge in [0.2, 0.25) is 6.33 Å². The number of imidazole rings is 1. The van der Waals surface area contributed by atoms with Crippen LogP contribution in [0.4, 0.5) is 0 Å². The van der Waals surface area contributed by atoms with Gasteiger partial charge in [-0.25, -0.2) is 0 Å². The Hall–Kier alpha value is -3.13. The first-order chi connectivity index (χ1) is 12.2. The summed E-state index contributed by atoms with van der Waals surface area (Å²) in [5, 5.41) is 0. The maximum atomic E-state index is 3.49. The molecule has 0 saturated carbocycles. The molecule has 0 fully saturated rings. The molecule has 2 heteroatoms. The van der Waals surface area contributed by atoms with Gasteiger partial charge in [-0.3, -0.25) is 0 Å². The van der Waals surface area contributed by atoms with E-state index in [4.69, 9.17) is 0 Å². The standard InChI is InChI=1S/C23H20N2/c1-18-10-9-15-21(16-18)25-17-24(2)22(19-11-5-3-6-12-19)23(25)20-13-7-4-8-14-20/h3-16H,1-2H3. The lowest BCUT2D eigenvalue weighted by Gasteiger charge is -2.13. The average Bonchev–Trinajstić information content (AvgIpc) is 3.00. The zero-order valence-corrected chi connectivity index (χ0v) is 14.5. The number of hydrogen-bond acceptors (Lipinski definition) is 0.